The maximum absolute atomic E-state index is 11.7. The van der Waals surface area contributed by atoms with Crippen LogP contribution in [0.4, 0.5) is 10.5 Å². The van der Waals surface area contributed by atoms with Gasteiger partial charge in [0.05, 0.1) is 11.4 Å². The second-order valence-corrected chi connectivity index (χ2v) is 6.40. The van der Waals surface area contributed by atoms with E-state index in [1.54, 1.807) is 10.9 Å². The number of amides is 1. The number of carbonyl (C=O) groups is 1. The minimum Gasteiger partial charge on any atom is -0.444 e. The monoisotopic (exact) mass is 316 g/mol. The summed E-state index contributed by atoms with van der Waals surface area (Å²) < 4.78 is 7.03. The van der Waals surface area contributed by atoms with Crippen molar-refractivity contribution >= 4 is 11.8 Å². The number of rotatable bonds is 5. The van der Waals surface area contributed by atoms with Crippen molar-refractivity contribution in [2.75, 3.05) is 11.9 Å². The fourth-order valence-electron chi connectivity index (χ4n) is 2.07. The van der Waals surface area contributed by atoms with Gasteiger partial charge in [-0.2, -0.15) is 5.10 Å². The van der Waals surface area contributed by atoms with Gasteiger partial charge in [-0.25, -0.2) is 9.48 Å². The third-order valence-corrected chi connectivity index (χ3v) is 3.01. The van der Waals surface area contributed by atoms with Gasteiger partial charge in [0, 0.05) is 25.0 Å². The number of hydrogen-bond donors (Lipinski definition) is 2. The van der Waals surface area contributed by atoms with Crippen LogP contribution in [0.2, 0.25) is 0 Å². The van der Waals surface area contributed by atoms with Gasteiger partial charge in [0.2, 0.25) is 0 Å². The van der Waals surface area contributed by atoms with Gasteiger partial charge >= 0.3 is 6.09 Å². The first-order valence-electron chi connectivity index (χ1n) is 7.67. The number of benzene rings is 1. The van der Waals surface area contributed by atoms with Crippen molar-refractivity contribution in [2.45, 2.75) is 39.3 Å². The zero-order chi connectivity index (χ0) is 16.9. The second kappa shape index (κ2) is 7.17. The van der Waals surface area contributed by atoms with E-state index >= 15 is 0 Å². The molecular formula is C17H24N4O2. The van der Waals surface area contributed by atoms with Crippen molar-refractivity contribution < 1.29 is 9.53 Å². The quantitative estimate of drug-likeness (QED) is 0.889. The average molecular weight is 316 g/mol. The number of para-hydroxylation sites is 2. The van der Waals surface area contributed by atoms with Crippen LogP contribution in [0.5, 0.6) is 0 Å². The summed E-state index contributed by atoms with van der Waals surface area (Å²) in [5.74, 6) is 0. The van der Waals surface area contributed by atoms with E-state index in [4.69, 9.17) is 4.74 Å². The van der Waals surface area contributed by atoms with E-state index < -0.39 is 11.7 Å². The lowest BCUT2D eigenvalue weighted by Gasteiger charge is -2.22. The molecule has 0 aliphatic rings. The molecule has 23 heavy (non-hydrogen) atoms. The zero-order valence-corrected chi connectivity index (χ0v) is 14.0. The first kappa shape index (κ1) is 16.9. The maximum atomic E-state index is 11.7. The van der Waals surface area contributed by atoms with Crippen molar-refractivity contribution in [1.82, 2.24) is 15.1 Å². The van der Waals surface area contributed by atoms with Gasteiger partial charge in [0.15, 0.2) is 0 Å². The summed E-state index contributed by atoms with van der Waals surface area (Å²) in [6, 6.07) is 9.82. The zero-order valence-electron chi connectivity index (χ0n) is 14.0. The lowest BCUT2D eigenvalue weighted by atomic mass is 10.2. The highest BCUT2D eigenvalue weighted by Gasteiger charge is 2.16. The topological polar surface area (TPSA) is 68.2 Å². The fourth-order valence-corrected chi connectivity index (χ4v) is 2.07. The summed E-state index contributed by atoms with van der Waals surface area (Å²) in [7, 11) is 0. The van der Waals surface area contributed by atoms with Gasteiger partial charge in [0.1, 0.15) is 5.60 Å². The molecule has 0 saturated heterocycles. The molecule has 2 N–H and O–H groups in total. The van der Waals surface area contributed by atoms with Crippen LogP contribution in [0.1, 0.15) is 27.7 Å². The molecule has 1 atom stereocenters. The molecule has 0 aliphatic heterocycles. The molecule has 6 nitrogen and oxygen atoms in total. The molecule has 1 aromatic heterocycles. The van der Waals surface area contributed by atoms with E-state index in [0.29, 0.717) is 6.54 Å². The molecule has 0 radical (unpaired) electrons. The molecule has 1 amide bonds. The van der Waals surface area contributed by atoms with E-state index in [1.165, 1.54) is 0 Å². The summed E-state index contributed by atoms with van der Waals surface area (Å²) in [5.41, 5.74) is 1.42. The summed E-state index contributed by atoms with van der Waals surface area (Å²) in [6.45, 7) is 7.98. The highest BCUT2D eigenvalue weighted by Crippen LogP contribution is 2.19. The number of alkyl carbamates (subject to hydrolysis) is 1. The third kappa shape index (κ3) is 5.32. The Balaban J connectivity index is 1.94. The molecule has 124 valence electrons. The molecule has 1 unspecified atom stereocenters. The Morgan fingerprint density at radius 1 is 1.30 bits per heavy atom. The van der Waals surface area contributed by atoms with Crippen LogP contribution in [0.15, 0.2) is 42.7 Å². The van der Waals surface area contributed by atoms with Gasteiger partial charge in [-0.1, -0.05) is 12.1 Å². The van der Waals surface area contributed by atoms with E-state index in [0.717, 1.165) is 11.4 Å². The molecule has 0 aliphatic carbocycles. The largest absolute Gasteiger partial charge is 0.444 e. The van der Waals surface area contributed by atoms with Crippen LogP contribution < -0.4 is 10.6 Å². The molecule has 6 heteroatoms. The second-order valence-electron chi connectivity index (χ2n) is 6.40. The number of anilines is 1. The van der Waals surface area contributed by atoms with E-state index in [-0.39, 0.29) is 6.04 Å². The first-order valence-corrected chi connectivity index (χ1v) is 7.67. The first-order chi connectivity index (χ1) is 10.8. The van der Waals surface area contributed by atoms with Crippen molar-refractivity contribution in [3.05, 3.63) is 42.7 Å². The predicted molar refractivity (Wildman–Crippen MR) is 90.9 cm³/mol. The minimum atomic E-state index is -0.493. The van der Waals surface area contributed by atoms with Crippen molar-refractivity contribution in [3.63, 3.8) is 0 Å². The molecule has 2 rings (SSSR count). The minimum absolute atomic E-state index is 0.0410. The van der Waals surface area contributed by atoms with Crippen LogP contribution >= 0.6 is 0 Å². The highest BCUT2D eigenvalue weighted by molar-refractivity contribution is 5.68. The predicted octanol–water partition coefficient (Wildman–Crippen LogP) is 3.20. The smallest absolute Gasteiger partial charge is 0.407 e. The van der Waals surface area contributed by atoms with Crippen molar-refractivity contribution in [1.29, 1.82) is 0 Å². The number of hydrogen-bond acceptors (Lipinski definition) is 4. The SMILES string of the molecule is CC(CNC(=O)OC(C)(C)C)Nc1ccccc1-n1cccn1. The number of nitrogens with one attached hydrogen (secondary N) is 2. The van der Waals surface area contributed by atoms with Gasteiger partial charge in [-0.15, -0.1) is 0 Å². The van der Waals surface area contributed by atoms with E-state index in [1.807, 2.05) is 64.2 Å². The molecule has 0 fully saturated rings. The van der Waals surface area contributed by atoms with Gasteiger partial charge in [0.25, 0.3) is 0 Å². The van der Waals surface area contributed by atoms with Gasteiger partial charge in [-0.3, -0.25) is 0 Å². The summed E-state index contributed by atoms with van der Waals surface area (Å²) in [5, 5.41) is 10.4. The molecule has 2 aromatic rings. The molecule has 0 bridgehead atoms. The number of ether oxygens (including phenoxy) is 1. The number of nitrogens with zero attached hydrogens (tertiary/aromatic N) is 2. The Morgan fingerprint density at radius 2 is 2.04 bits per heavy atom. The Morgan fingerprint density at radius 3 is 2.70 bits per heavy atom. The molecular weight excluding hydrogens is 292 g/mol. The number of aromatic nitrogens is 2. The average Bonchev–Trinajstić information content (AvgIpc) is 2.98. The Kier molecular flexibility index (Phi) is 5.26. The summed E-state index contributed by atoms with van der Waals surface area (Å²) in [6.07, 6.45) is 3.22. The van der Waals surface area contributed by atoms with Gasteiger partial charge < -0.3 is 15.4 Å². The van der Waals surface area contributed by atoms with Crippen LogP contribution in [0.3, 0.4) is 0 Å². The Labute approximate surface area is 136 Å². The Bertz CT molecular complexity index is 632. The van der Waals surface area contributed by atoms with Crippen LogP contribution in [-0.2, 0) is 4.74 Å². The molecule has 1 aromatic carbocycles. The normalized spacial score (nSPS) is 12.5. The summed E-state index contributed by atoms with van der Waals surface area (Å²) >= 11 is 0. The maximum Gasteiger partial charge on any atom is 0.407 e. The fraction of sp³-hybridized carbons (Fsp3) is 0.412. The molecule has 0 saturated carbocycles. The van der Waals surface area contributed by atoms with Gasteiger partial charge in [-0.05, 0) is 45.9 Å². The van der Waals surface area contributed by atoms with Crippen LogP contribution in [-0.4, -0.2) is 34.1 Å². The standard InChI is InChI=1S/C17H24N4O2/c1-13(12-18-16(22)23-17(2,3)4)20-14-8-5-6-9-15(14)21-11-7-10-19-21/h5-11,13,20H,12H2,1-4H3,(H,18,22). The molecule has 0 spiro atoms. The van der Waals surface area contributed by atoms with E-state index in [2.05, 4.69) is 15.7 Å². The third-order valence-electron chi connectivity index (χ3n) is 3.01. The molecule has 1 heterocycles. The Hall–Kier alpha value is -2.50. The highest BCUT2D eigenvalue weighted by atomic mass is 16.6. The number of carbonyl (C=O) groups excluding carboxylic acids is 1. The van der Waals surface area contributed by atoms with E-state index in [9.17, 15) is 4.79 Å². The lowest BCUT2D eigenvalue weighted by molar-refractivity contribution is 0.0526. The van der Waals surface area contributed by atoms with Crippen LogP contribution in [0.25, 0.3) is 5.69 Å². The lowest BCUT2D eigenvalue weighted by Crippen LogP contribution is -2.38. The van der Waals surface area contributed by atoms with Crippen molar-refractivity contribution in [3.8, 4) is 5.69 Å². The van der Waals surface area contributed by atoms with Crippen molar-refractivity contribution in [2.24, 2.45) is 0 Å². The van der Waals surface area contributed by atoms with Crippen LogP contribution in [0, 0.1) is 0 Å². The summed E-state index contributed by atoms with van der Waals surface area (Å²) in [4.78, 5) is 11.7.